The summed E-state index contributed by atoms with van der Waals surface area (Å²) >= 11 is 1.25. The van der Waals surface area contributed by atoms with E-state index in [2.05, 4.69) is 5.32 Å². The second-order valence-corrected chi connectivity index (χ2v) is 9.33. The summed E-state index contributed by atoms with van der Waals surface area (Å²) in [5.41, 5.74) is 0.151. The van der Waals surface area contributed by atoms with E-state index >= 15 is 0 Å². The molecule has 4 rings (SSSR count). The van der Waals surface area contributed by atoms with Crippen LogP contribution in [-0.4, -0.2) is 61.1 Å². The van der Waals surface area contributed by atoms with E-state index in [4.69, 9.17) is 0 Å². The number of nitrogens with one attached hydrogen (secondary N) is 1. The number of amides is 2. The third kappa shape index (κ3) is 2.28. The Morgan fingerprint density at radius 1 is 1.19 bits per heavy atom. The Balaban J connectivity index is 1.63. The van der Waals surface area contributed by atoms with E-state index in [1.165, 1.54) is 11.8 Å². The first-order chi connectivity index (χ1) is 12.2. The number of fused-ring (bicyclic) bond motifs is 1. The van der Waals surface area contributed by atoms with Gasteiger partial charge in [-0.1, -0.05) is 30.3 Å². The number of carbonyl (C=O) groups is 3. The zero-order valence-corrected chi connectivity index (χ0v) is 15.6. The van der Waals surface area contributed by atoms with Crippen molar-refractivity contribution in [1.82, 2.24) is 15.1 Å². The first kappa shape index (κ1) is 17.4. The van der Waals surface area contributed by atoms with Gasteiger partial charge in [-0.05, 0) is 26.3 Å². The number of rotatable bonds is 3. The fourth-order valence-electron chi connectivity index (χ4n) is 4.04. The molecular weight excluding hydrogens is 354 g/mol. The van der Waals surface area contributed by atoms with Gasteiger partial charge in [0.2, 0.25) is 11.8 Å². The van der Waals surface area contributed by atoms with Crippen LogP contribution in [0.5, 0.6) is 0 Å². The van der Waals surface area contributed by atoms with Crippen molar-refractivity contribution >= 4 is 29.5 Å². The third-order valence-electron chi connectivity index (χ3n) is 5.41. The molecule has 26 heavy (non-hydrogen) atoms. The molecule has 1 aromatic carbocycles. The van der Waals surface area contributed by atoms with Crippen LogP contribution in [0.3, 0.4) is 0 Å². The number of carboxylic acid groups (broad SMARTS) is 1. The van der Waals surface area contributed by atoms with Gasteiger partial charge < -0.3 is 14.9 Å². The van der Waals surface area contributed by atoms with Crippen LogP contribution in [0.4, 0.5) is 0 Å². The number of thioether (sulfide) groups is 1. The van der Waals surface area contributed by atoms with Crippen LogP contribution in [0, 0.1) is 0 Å². The Morgan fingerprint density at radius 3 is 2.46 bits per heavy atom. The highest BCUT2D eigenvalue weighted by molar-refractivity contribution is 8.02. The monoisotopic (exact) mass is 375 g/mol. The average Bonchev–Trinajstić information content (AvgIpc) is 3.04. The Labute approximate surface area is 155 Å². The highest BCUT2D eigenvalue weighted by Crippen LogP contribution is 2.50. The van der Waals surface area contributed by atoms with Crippen molar-refractivity contribution in [3.63, 3.8) is 0 Å². The molecule has 3 unspecified atom stereocenters. The number of benzene rings is 1. The van der Waals surface area contributed by atoms with Crippen LogP contribution >= 0.6 is 11.8 Å². The van der Waals surface area contributed by atoms with Crippen LogP contribution in [0.1, 0.15) is 32.4 Å². The van der Waals surface area contributed by atoms with Gasteiger partial charge in [0, 0.05) is 6.54 Å². The molecule has 8 heteroatoms. The van der Waals surface area contributed by atoms with Gasteiger partial charge in [-0.15, -0.1) is 11.8 Å². The fraction of sp³-hybridized carbons (Fsp3) is 0.500. The smallest absolute Gasteiger partial charge is 0.321 e. The lowest BCUT2D eigenvalue weighted by Crippen LogP contribution is -2.71. The summed E-state index contributed by atoms with van der Waals surface area (Å²) in [6, 6.07) is 8.27. The normalized spacial score (nSPS) is 35.4. The molecule has 3 aliphatic heterocycles. The minimum Gasteiger partial charge on any atom is -0.480 e. The van der Waals surface area contributed by atoms with Gasteiger partial charge in [-0.2, -0.15) is 0 Å². The lowest BCUT2D eigenvalue weighted by molar-refractivity contribution is -0.162. The number of carboxylic acids is 1. The van der Waals surface area contributed by atoms with Crippen molar-refractivity contribution in [2.24, 2.45) is 0 Å². The standard InChI is InChI=1S/C18H21N3O4S/c1-17(2)19-11(10-7-5-4-6-8-10)13(22)21(17)12-14(23)20-9-18(3,16(24)25)26-15(12)20/h4-8,11-12,15,19H,9H2,1-3H3,(H,24,25)/t11?,12?,15-,18?/m1/s1. The molecule has 0 bridgehead atoms. The van der Waals surface area contributed by atoms with Gasteiger partial charge in [-0.3, -0.25) is 19.7 Å². The summed E-state index contributed by atoms with van der Waals surface area (Å²) in [6.45, 7) is 5.55. The summed E-state index contributed by atoms with van der Waals surface area (Å²) in [5.74, 6) is -1.26. The topological polar surface area (TPSA) is 90.0 Å². The maximum Gasteiger partial charge on any atom is 0.321 e. The summed E-state index contributed by atoms with van der Waals surface area (Å²) in [7, 11) is 0. The van der Waals surface area contributed by atoms with Crippen molar-refractivity contribution in [1.29, 1.82) is 0 Å². The number of β-lactam (4-membered cyclic amide) rings is 1. The number of nitrogens with zero attached hydrogens (tertiary/aromatic N) is 2. The SMILES string of the molecule is CC1(C(=O)O)CN2C(=O)C(N3C(=O)C(c4ccccc4)NC3(C)C)[C@H]2S1. The average molecular weight is 375 g/mol. The van der Waals surface area contributed by atoms with Crippen LogP contribution in [0.15, 0.2) is 30.3 Å². The van der Waals surface area contributed by atoms with Gasteiger partial charge in [0.15, 0.2) is 0 Å². The Kier molecular flexibility index (Phi) is 3.65. The molecule has 3 saturated heterocycles. The highest BCUT2D eigenvalue weighted by Gasteiger charge is 2.65. The molecule has 0 aromatic heterocycles. The number of hydrogen-bond acceptors (Lipinski definition) is 5. The van der Waals surface area contributed by atoms with E-state index in [0.29, 0.717) is 0 Å². The van der Waals surface area contributed by atoms with Crippen molar-refractivity contribution in [3.8, 4) is 0 Å². The summed E-state index contributed by atoms with van der Waals surface area (Å²) in [5, 5.41) is 12.5. The Bertz CT molecular complexity index is 799. The minimum absolute atomic E-state index is 0.149. The van der Waals surface area contributed by atoms with Crippen LogP contribution < -0.4 is 5.32 Å². The second kappa shape index (κ2) is 5.47. The molecule has 7 nitrogen and oxygen atoms in total. The van der Waals surface area contributed by atoms with Crippen LogP contribution in [0.25, 0.3) is 0 Å². The number of carbonyl (C=O) groups excluding carboxylic acids is 2. The van der Waals surface area contributed by atoms with E-state index in [1.807, 2.05) is 44.2 Å². The molecule has 138 valence electrons. The Hall–Kier alpha value is -2.06. The maximum absolute atomic E-state index is 13.2. The predicted octanol–water partition coefficient (Wildman–Crippen LogP) is 1.02. The van der Waals surface area contributed by atoms with Crippen molar-refractivity contribution in [2.75, 3.05) is 6.54 Å². The zero-order chi connectivity index (χ0) is 18.9. The number of aliphatic carboxylic acids is 1. The molecule has 3 fully saturated rings. The molecule has 0 saturated carbocycles. The maximum atomic E-state index is 13.2. The molecule has 0 radical (unpaired) electrons. The fourth-order valence-corrected chi connectivity index (χ4v) is 5.56. The van der Waals surface area contributed by atoms with Crippen molar-refractivity contribution in [2.45, 2.75) is 48.6 Å². The molecule has 4 atom stereocenters. The zero-order valence-electron chi connectivity index (χ0n) is 14.8. The predicted molar refractivity (Wildman–Crippen MR) is 96.2 cm³/mol. The first-order valence-corrected chi connectivity index (χ1v) is 9.41. The number of hydrogen-bond donors (Lipinski definition) is 2. The van der Waals surface area contributed by atoms with Gasteiger partial charge in [0.05, 0.1) is 5.66 Å². The molecule has 1 aromatic rings. The quantitative estimate of drug-likeness (QED) is 0.767. The van der Waals surface area contributed by atoms with E-state index in [-0.39, 0.29) is 23.7 Å². The van der Waals surface area contributed by atoms with E-state index in [0.717, 1.165) is 5.56 Å². The minimum atomic E-state index is -1.03. The van der Waals surface area contributed by atoms with Gasteiger partial charge in [0.25, 0.3) is 0 Å². The lowest BCUT2D eigenvalue weighted by atomic mass is 10.00. The first-order valence-electron chi connectivity index (χ1n) is 8.53. The van der Waals surface area contributed by atoms with E-state index in [1.54, 1.807) is 16.7 Å². The summed E-state index contributed by atoms with van der Waals surface area (Å²) in [6.07, 6.45) is 0. The molecule has 2 N–H and O–H groups in total. The molecule has 0 aliphatic carbocycles. The van der Waals surface area contributed by atoms with E-state index in [9.17, 15) is 19.5 Å². The summed E-state index contributed by atoms with van der Waals surface area (Å²) < 4.78 is -1.03. The Morgan fingerprint density at radius 2 is 1.85 bits per heavy atom. The van der Waals surface area contributed by atoms with Crippen LogP contribution in [-0.2, 0) is 14.4 Å². The third-order valence-corrected chi connectivity index (χ3v) is 6.99. The van der Waals surface area contributed by atoms with Gasteiger partial charge in [-0.25, -0.2) is 0 Å². The molecule has 0 spiro atoms. The van der Waals surface area contributed by atoms with Crippen molar-refractivity contribution in [3.05, 3.63) is 35.9 Å². The van der Waals surface area contributed by atoms with Crippen LogP contribution in [0.2, 0.25) is 0 Å². The molecule has 2 amide bonds. The van der Waals surface area contributed by atoms with Crippen molar-refractivity contribution < 1.29 is 19.5 Å². The highest BCUT2D eigenvalue weighted by atomic mass is 32.2. The molecular formula is C18H21N3O4S. The molecule has 3 heterocycles. The largest absolute Gasteiger partial charge is 0.480 e. The summed E-state index contributed by atoms with van der Waals surface area (Å²) in [4.78, 5) is 40.6. The van der Waals surface area contributed by atoms with Gasteiger partial charge >= 0.3 is 5.97 Å². The second-order valence-electron chi connectivity index (χ2n) is 7.71. The molecule has 3 aliphatic rings. The van der Waals surface area contributed by atoms with Gasteiger partial charge in [0.1, 0.15) is 22.2 Å². The van der Waals surface area contributed by atoms with E-state index < -0.39 is 28.5 Å². The lowest BCUT2D eigenvalue weighted by Gasteiger charge is -2.49.